The van der Waals surface area contributed by atoms with Crippen molar-refractivity contribution in [1.29, 1.82) is 0 Å². The molecule has 2 N–H and O–H groups in total. The minimum atomic E-state index is -0.251. The molecule has 0 saturated heterocycles. The first-order valence-electron chi connectivity index (χ1n) is 7.78. The summed E-state index contributed by atoms with van der Waals surface area (Å²) in [4.78, 5) is 15.1. The highest BCUT2D eigenvalue weighted by Gasteiger charge is 2.25. The van der Waals surface area contributed by atoms with Crippen LogP contribution in [0.1, 0.15) is 43.4 Å². The summed E-state index contributed by atoms with van der Waals surface area (Å²) >= 11 is 1.72. The first kappa shape index (κ1) is 16.3. The first-order chi connectivity index (χ1) is 10.1. The fraction of sp³-hybridized carbons (Fsp3) is 0.688. The van der Waals surface area contributed by atoms with Crippen LogP contribution in [0.25, 0.3) is 0 Å². The van der Waals surface area contributed by atoms with Gasteiger partial charge < -0.3 is 15.3 Å². The maximum atomic E-state index is 12.1. The Bertz CT molecular complexity index is 435. The molecule has 2 amide bonds. The number of aliphatic hydroxyl groups excluding tert-OH is 1. The van der Waals surface area contributed by atoms with Gasteiger partial charge in [0.05, 0.1) is 6.10 Å². The normalized spacial score (nSPS) is 23.6. The van der Waals surface area contributed by atoms with Crippen molar-refractivity contribution in [3.05, 3.63) is 22.4 Å². The van der Waals surface area contributed by atoms with Crippen molar-refractivity contribution >= 4 is 17.4 Å². The topological polar surface area (TPSA) is 52.6 Å². The second-order valence-corrected chi connectivity index (χ2v) is 7.07. The van der Waals surface area contributed by atoms with Crippen molar-refractivity contribution in [2.45, 2.75) is 44.6 Å². The van der Waals surface area contributed by atoms with Gasteiger partial charge in [0.2, 0.25) is 0 Å². The number of nitrogens with one attached hydrogen (secondary N) is 1. The van der Waals surface area contributed by atoms with Crippen molar-refractivity contribution in [1.82, 2.24) is 10.2 Å². The molecule has 0 bridgehead atoms. The Hall–Kier alpha value is -1.07. The maximum absolute atomic E-state index is 12.1. The number of thiophene rings is 1. The van der Waals surface area contributed by atoms with Gasteiger partial charge in [0, 0.05) is 36.9 Å². The molecule has 0 aliphatic heterocycles. The molecule has 0 aromatic carbocycles. The van der Waals surface area contributed by atoms with Gasteiger partial charge in [-0.15, -0.1) is 11.3 Å². The van der Waals surface area contributed by atoms with Crippen molar-refractivity contribution in [2.24, 2.45) is 5.92 Å². The van der Waals surface area contributed by atoms with Crippen molar-refractivity contribution in [3.8, 4) is 0 Å². The number of rotatable bonds is 5. The average molecular weight is 310 g/mol. The third-order valence-electron chi connectivity index (χ3n) is 4.31. The van der Waals surface area contributed by atoms with E-state index in [0.717, 1.165) is 25.7 Å². The van der Waals surface area contributed by atoms with Crippen LogP contribution in [0.2, 0.25) is 0 Å². The Morgan fingerprint density at radius 1 is 1.52 bits per heavy atom. The minimum absolute atomic E-state index is 0.0452. The number of nitrogens with zero attached hydrogens (tertiary/aromatic N) is 1. The fourth-order valence-corrected chi connectivity index (χ4v) is 3.67. The van der Waals surface area contributed by atoms with E-state index in [9.17, 15) is 9.90 Å². The molecule has 1 aliphatic carbocycles. The smallest absolute Gasteiger partial charge is 0.317 e. The molecular weight excluding hydrogens is 284 g/mol. The molecule has 118 valence electrons. The number of aliphatic hydroxyl groups is 1. The lowest BCUT2D eigenvalue weighted by molar-refractivity contribution is 0.0565. The van der Waals surface area contributed by atoms with Crippen LogP contribution in [0.15, 0.2) is 17.5 Å². The van der Waals surface area contributed by atoms with Crippen LogP contribution >= 0.6 is 11.3 Å². The van der Waals surface area contributed by atoms with Gasteiger partial charge in [0.15, 0.2) is 0 Å². The highest BCUT2D eigenvalue weighted by Crippen LogP contribution is 2.25. The Balaban J connectivity index is 1.74. The number of urea groups is 1. The van der Waals surface area contributed by atoms with E-state index in [4.69, 9.17) is 0 Å². The van der Waals surface area contributed by atoms with Gasteiger partial charge in [-0.2, -0.15) is 0 Å². The van der Waals surface area contributed by atoms with E-state index in [1.165, 1.54) is 4.88 Å². The summed E-state index contributed by atoms with van der Waals surface area (Å²) in [7, 11) is 1.81. The van der Waals surface area contributed by atoms with Crippen molar-refractivity contribution in [3.63, 3.8) is 0 Å². The predicted octanol–water partition coefficient (Wildman–Crippen LogP) is 3.04. The van der Waals surface area contributed by atoms with Crippen LogP contribution < -0.4 is 5.32 Å². The summed E-state index contributed by atoms with van der Waals surface area (Å²) in [6, 6.07) is 4.09. The van der Waals surface area contributed by atoms with Gasteiger partial charge in [-0.1, -0.05) is 25.8 Å². The van der Waals surface area contributed by atoms with Crippen LogP contribution in [-0.2, 0) is 0 Å². The largest absolute Gasteiger partial charge is 0.393 e. The number of hydrogen-bond donors (Lipinski definition) is 2. The molecule has 0 spiro atoms. The Kier molecular flexibility index (Phi) is 6.06. The van der Waals surface area contributed by atoms with Gasteiger partial charge in [-0.25, -0.2) is 4.79 Å². The average Bonchev–Trinajstić information content (AvgIpc) is 3.01. The molecule has 3 atom stereocenters. The van der Waals surface area contributed by atoms with E-state index in [1.54, 1.807) is 16.2 Å². The third-order valence-corrected chi connectivity index (χ3v) is 5.42. The molecule has 1 aromatic heterocycles. The molecular formula is C16H26N2O2S. The molecule has 1 heterocycles. The molecule has 0 radical (unpaired) electrons. The fourth-order valence-electron chi connectivity index (χ4n) is 2.88. The summed E-state index contributed by atoms with van der Waals surface area (Å²) in [6.45, 7) is 3.41. The molecule has 21 heavy (non-hydrogen) atoms. The lowest BCUT2D eigenvalue weighted by Gasteiger charge is -2.31. The van der Waals surface area contributed by atoms with E-state index in [-0.39, 0.29) is 18.1 Å². The molecule has 1 aromatic rings. The minimum Gasteiger partial charge on any atom is -0.393 e. The first-order valence-corrected chi connectivity index (χ1v) is 8.66. The zero-order valence-electron chi connectivity index (χ0n) is 12.9. The van der Waals surface area contributed by atoms with E-state index in [0.29, 0.717) is 19.0 Å². The van der Waals surface area contributed by atoms with Crippen LogP contribution in [-0.4, -0.2) is 42.3 Å². The standard InChI is InChI=1S/C16H26N2O2S/c1-12(15-8-5-9-21-15)10-17-16(20)18(2)11-13-6-3-4-7-14(13)19/h5,8-9,12-14,19H,3-4,6-7,10-11H2,1-2H3,(H,17,20). The molecule has 1 saturated carbocycles. The highest BCUT2D eigenvalue weighted by molar-refractivity contribution is 7.10. The summed E-state index contributed by atoms with van der Waals surface area (Å²) in [5, 5.41) is 15.0. The zero-order chi connectivity index (χ0) is 15.2. The Morgan fingerprint density at radius 3 is 2.95 bits per heavy atom. The molecule has 5 heteroatoms. The monoisotopic (exact) mass is 310 g/mol. The van der Waals surface area contributed by atoms with Gasteiger partial charge >= 0.3 is 6.03 Å². The molecule has 1 fully saturated rings. The van der Waals surface area contributed by atoms with Crippen LogP contribution in [0.3, 0.4) is 0 Å². The lowest BCUT2D eigenvalue weighted by atomic mass is 9.86. The molecule has 4 nitrogen and oxygen atoms in total. The van der Waals surface area contributed by atoms with E-state index in [1.807, 2.05) is 13.1 Å². The molecule has 2 rings (SSSR count). The van der Waals surface area contributed by atoms with E-state index in [2.05, 4.69) is 23.7 Å². The summed E-state index contributed by atoms with van der Waals surface area (Å²) < 4.78 is 0. The van der Waals surface area contributed by atoms with Gasteiger partial charge in [-0.3, -0.25) is 0 Å². The predicted molar refractivity (Wildman–Crippen MR) is 86.7 cm³/mol. The van der Waals surface area contributed by atoms with Gasteiger partial charge in [0.1, 0.15) is 0 Å². The van der Waals surface area contributed by atoms with Crippen molar-refractivity contribution < 1.29 is 9.90 Å². The highest BCUT2D eigenvalue weighted by atomic mass is 32.1. The number of amides is 2. The second-order valence-electron chi connectivity index (χ2n) is 6.09. The van der Waals surface area contributed by atoms with Gasteiger partial charge in [-0.05, 0) is 24.3 Å². The quantitative estimate of drug-likeness (QED) is 0.878. The summed E-state index contributed by atoms with van der Waals surface area (Å²) in [6.07, 6.45) is 3.90. The molecule has 1 aliphatic rings. The van der Waals surface area contributed by atoms with Gasteiger partial charge in [0.25, 0.3) is 0 Å². The second kappa shape index (κ2) is 7.80. The van der Waals surface area contributed by atoms with Crippen molar-refractivity contribution in [2.75, 3.05) is 20.1 Å². The van der Waals surface area contributed by atoms with Crippen LogP contribution in [0, 0.1) is 5.92 Å². The maximum Gasteiger partial charge on any atom is 0.317 e. The Morgan fingerprint density at radius 2 is 2.29 bits per heavy atom. The third kappa shape index (κ3) is 4.71. The number of carbonyl (C=O) groups excluding carboxylic acids is 1. The lowest BCUT2D eigenvalue weighted by Crippen LogP contribution is -2.43. The summed E-state index contributed by atoms with van der Waals surface area (Å²) in [5.74, 6) is 0.562. The molecule has 3 unspecified atom stereocenters. The SMILES string of the molecule is CC(CNC(=O)N(C)CC1CCCCC1O)c1cccs1. The van der Waals surface area contributed by atoms with E-state index >= 15 is 0 Å². The van der Waals surface area contributed by atoms with Crippen LogP contribution in [0.5, 0.6) is 0 Å². The summed E-state index contributed by atoms with van der Waals surface area (Å²) in [5.41, 5.74) is 0. The number of hydrogen-bond acceptors (Lipinski definition) is 3. The zero-order valence-corrected chi connectivity index (χ0v) is 13.7. The van der Waals surface area contributed by atoms with E-state index < -0.39 is 0 Å². The number of carbonyl (C=O) groups is 1. The van der Waals surface area contributed by atoms with Crippen LogP contribution in [0.4, 0.5) is 4.79 Å². The Labute approximate surface area is 131 Å².